The van der Waals surface area contributed by atoms with Crippen LogP contribution in [0.2, 0.25) is 0 Å². The Bertz CT molecular complexity index is 904. The fourth-order valence-electron chi connectivity index (χ4n) is 3.71. The third-order valence-electron chi connectivity index (χ3n) is 5.15. The van der Waals surface area contributed by atoms with E-state index in [0.29, 0.717) is 23.4 Å². The molecule has 2 aromatic rings. The van der Waals surface area contributed by atoms with Crippen LogP contribution in [0.1, 0.15) is 41.6 Å². The number of carbonyl (C=O) groups is 3. The summed E-state index contributed by atoms with van der Waals surface area (Å²) in [5, 5.41) is 16.3. The lowest BCUT2D eigenvalue weighted by Gasteiger charge is -2.31. The van der Waals surface area contributed by atoms with Crippen molar-refractivity contribution in [3.63, 3.8) is 0 Å². The first-order valence-corrected chi connectivity index (χ1v) is 10.1. The van der Waals surface area contributed by atoms with Gasteiger partial charge in [0.05, 0.1) is 7.11 Å². The molecule has 148 valence electrons. The molecule has 1 heterocycles. The van der Waals surface area contributed by atoms with E-state index >= 15 is 0 Å². The highest BCUT2D eigenvalue weighted by Gasteiger charge is 2.33. The number of carboxylic acids is 1. The zero-order chi connectivity index (χ0) is 20.3. The lowest BCUT2D eigenvalue weighted by molar-refractivity contribution is -0.313. The predicted octanol–water partition coefficient (Wildman–Crippen LogP) is 3.00. The molecule has 0 saturated heterocycles. The zero-order valence-electron chi connectivity index (χ0n) is 15.8. The molecule has 1 amide bonds. The number of aliphatic carboxylic acids is 1. The molecule has 1 aliphatic carbocycles. The Hall–Kier alpha value is -2.67. The molecule has 1 fully saturated rings. The molecule has 7 heteroatoms. The van der Waals surface area contributed by atoms with Gasteiger partial charge in [0.2, 0.25) is 5.91 Å². The highest BCUT2D eigenvalue weighted by Crippen LogP contribution is 2.38. The Morgan fingerprint density at radius 2 is 1.89 bits per heavy atom. The number of carboxylic acid groups (broad SMARTS) is 1. The molecule has 1 saturated carbocycles. The quantitative estimate of drug-likeness (QED) is 0.779. The molecule has 0 unspecified atom stereocenters. The van der Waals surface area contributed by atoms with Crippen molar-refractivity contribution in [2.24, 2.45) is 11.8 Å². The molecule has 1 aromatic heterocycles. The predicted molar refractivity (Wildman–Crippen MR) is 105 cm³/mol. The van der Waals surface area contributed by atoms with Crippen LogP contribution in [0.3, 0.4) is 0 Å². The summed E-state index contributed by atoms with van der Waals surface area (Å²) in [6.45, 7) is 1.96. The lowest BCUT2D eigenvalue weighted by Crippen LogP contribution is -2.42. The number of hydrogen-bond donors (Lipinski definition) is 1. The molecule has 0 radical (unpaired) electrons. The van der Waals surface area contributed by atoms with Gasteiger partial charge >= 0.3 is 5.97 Å². The second kappa shape index (κ2) is 8.56. The van der Waals surface area contributed by atoms with E-state index in [-0.39, 0.29) is 5.56 Å². The molecule has 1 aromatic carbocycles. The zero-order valence-corrected chi connectivity index (χ0v) is 16.6. The standard InChI is InChI=1S/C21H23NO5S/c1-12-6-5-7-13(10-12)16-11-28-19(17(16)21(26)27-2)22-18(23)14-8-3-4-9-15(14)20(24)25/h5-7,10-11,14-15H,3-4,8-9H2,1-2H3,(H,22,23)(H,24,25)/p-1/t14-,15-/m1/s1. The van der Waals surface area contributed by atoms with E-state index in [4.69, 9.17) is 4.74 Å². The van der Waals surface area contributed by atoms with Crippen molar-refractivity contribution in [3.8, 4) is 11.1 Å². The van der Waals surface area contributed by atoms with Gasteiger partial charge in [-0.05, 0) is 25.3 Å². The van der Waals surface area contributed by atoms with Gasteiger partial charge in [0.1, 0.15) is 10.6 Å². The van der Waals surface area contributed by atoms with Crippen LogP contribution >= 0.6 is 11.3 Å². The van der Waals surface area contributed by atoms with Crippen molar-refractivity contribution >= 4 is 34.2 Å². The van der Waals surface area contributed by atoms with E-state index in [1.807, 2.05) is 31.2 Å². The van der Waals surface area contributed by atoms with E-state index in [9.17, 15) is 19.5 Å². The van der Waals surface area contributed by atoms with E-state index in [0.717, 1.165) is 24.0 Å². The fraction of sp³-hybridized carbons (Fsp3) is 0.381. The number of anilines is 1. The van der Waals surface area contributed by atoms with Crippen LogP contribution in [0.4, 0.5) is 5.00 Å². The smallest absolute Gasteiger partial charge is 0.341 e. The molecular formula is C21H22NO5S-. The minimum Gasteiger partial charge on any atom is -0.550 e. The first kappa shape index (κ1) is 20.1. The van der Waals surface area contributed by atoms with Crippen molar-refractivity contribution in [1.82, 2.24) is 0 Å². The van der Waals surface area contributed by atoms with Gasteiger partial charge in [-0.2, -0.15) is 0 Å². The Labute approximate surface area is 167 Å². The minimum atomic E-state index is -1.19. The summed E-state index contributed by atoms with van der Waals surface area (Å²) in [5.74, 6) is -3.59. The van der Waals surface area contributed by atoms with Crippen LogP contribution < -0.4 is 10.4 Å². The number of methoxy groups -OCH3 is 1. The average Bonchev–Trinajstić information content (AvgIpc) is 3.10. The van der Waals surface area contributed by atoms with Gasteiger partial charge < -0.3 is 20.0 Å². The van der Waals surface area contributed by atoms with E-state index < -0.39 is 29.7 Å². The molecule has 0 aliphatic heterocycles. The van der Waals surface area contributed by atoms with Gasteiger partial charge in [0.15, 0.2) is 0 Å². The molecule has 0 bridgehead atoms. The summed E-state index contributed by atoms with van der Waals surface area (Å²) < 4.78 is 4.93. The number of ether oxygens (including phenoxy) is 1. The van der Waals surface area contributed by atoms with Gasteiger partial charge in [0.25, 0.3) is 0 Å². The van der Waals surface area contributed by atoms with Crippen LogP contribution in [0.25, 0.3) is 11.1 Å². The third-order valence-corrected chi connectivity index (χ3v) is 6.05. The van der Waals surface area contributed by atoms with Crippen LogP contribution in [0.5, 0.6) is 0 Å². The maximum Gasteiger partial charge on any atom is 0.341 e. The Kier molecular flexibility index (Phi) is 6.14. The topological polar surface area (TPSA) is 95.5 Å². The number of amides is 1. The van der Waals surface area contributed by atoms with E-state index in [2.05, 4.69) is 5.32 Å². The summed E-state index contributed by atoms with van der Waals surface area (Å²) in [4.78, 5) is 36.6. The number of rotatable bonds is 5. The van der Waals surface area contributed by atoms with Crippen molar-refractivity contribution in [2.45, 2.75) is 32.6 Å². The Balaban J connectivity index is 1.92. The number of esters is 1. The van der Waals surface area contributed by atoms with Crippen LogP contribution in [-0.2, 0) is 14.3 Å². The Morgan fingerprint density at radius 3 is 2.54 bits per heavy atom. The highest BCUT2D eigenvalue weighted by molar-refractivity contribution is 7.15. The maximum absolute atomic E-state index is 12.8. The van der Waals surface area contributed by atoms with Crippen molar-refractivity contribution in [1.29, 1.82) is 0 Å². The molecule has 0 spiro atoms. The fourth-order valence-corrected chi connectivity index (χ4v) is 4.67. The summed E-state index contributed by atoms with van der Waals surface area (Å²) in [6, 6.07) is 7.70. The number of aryl methyl sites for hydroxylation is 1. The van der Waals surface area contributed by atoms with Gasteiger partial charge in [-0.1, -0.05) is 42.7 Å². The molecule has 2 atom stereocenters. The van der Waals surface area contributed by atoms with E-state index in [1.54, 1.807) is 5.38 Å². The largest absolute Gasteiger partial charge is 0.550 e. The van der Waals surface area contributed by atoms with Gasteiger partial charge in [-0.15, -0.1) is 11.3 Å². The highest BCUT2D eigenvalue weighted by atomic mass is 32.1. The second-order valence-corrected chi connectivity index (χ2v) is 7.90. The first-order valence-electron chi connectivity index (χ1n) is 9.21. The molecule has 1 aliphatic rings. The number of nitrogens with one attached hydrogen (secondary N) is 1. The second-order valence-electron chi connectivity index (χ2n) is 7.02. The normalized spacial score (nSPS) is 19.1. The first-order chi connectivity index (χ1) is 13.4. The van der Waals surface area contributed by atoms with Gasteiger partial charge in [0, 0.05) is 28.7 Å². The summed E-state index contributed by atoms with van der Waals surface area (Å²) in [5.41, 5.74) is 2.86. The van der Waals surface area contributed by atoms with Crippen LogP contribution in [0.15, 0.2) is 29.6 Å². The van der Waals surface area contributed by atoms with Crippen LogP contribution in [0, 0.1) is 18.8 Å². The number of carbonyl (C=O) groups excluding carboxylic acids is 3. The SMILES string of the molecule is COC(=O)c1c(-c2cccc(C)c2)csc1NC(=O)[C@@H]1CCCC[C@H]1C(=O)[O-]. The third kappa shape index (κ3) is 4.09. The Morgan fingerprint density at radius 1 is 1.18 bits per heavy atom. The van der Waals surface area contributed by atoms with Crippen molar-refractivity contribution in [3.05, 3.63) is 40.8 Å². The van der Waals surface area contributed by atoms with Gasteiger partial charge in [-0.3, -0.25) is 4.79 Å². The summed E-state index contributed by atoms with van der Waals surface area (Å²) >= 11 is 1.23. The minimum absolute atomic E-state index is 0.284. The molecule has 28 heavy (non-hydrogen) atoms. The maximum atomic E-state index is 12.8. The molecule has 3 rings (SSSR count). The molecule has 6 nitrogen and oxygen atoms in total. The summed E-state index contributed by atoms with van der Waals surface area (Å²) in [7, 11) is 1.29. The molecular weight excluding hydrogens is 378 g/mol. The number of benzene rings is 1. The van der Waals surface area contributed by atoms with Gasteiger partial charge in [-0.25, -0.2) is 4.79 Å². The van der Waals surface area contributed by atoms with Crippen LogP contribution in [-0.4, -0.2) is 25.0 Å². The monoisotopic (exact) mass is 400 g/mol. The summed E-state index contributed by atoms with van der Waals surface area (Å²) in [6.07, 6.45) is 2.49. The average molecular weight is 400 g/mol. The van der Waals surface area contributed by atoms with Crippen molar-refractivity contribution in [2.75, 3.05) is 12.4 Å². The molecule has 1 N–H and O–H groups in total. The number of hydrogen-bond acceptors (Lipinski definition) is 6. The lowest BCUT2D eigenvalue weighted by atomic mass is 9.79. The number of thiophene rings is 1. The van der Waals surface area contributed by atoms with E-state index in [1.165, 1.54) is 18.4 Å². The van der Waals surface area contributed by atoms with Crippen molar-refractivity contribution < 1.29 is 24.2 Å².